The minimum atomic E-state index is -0.358. The number of benzene rings is 1. The predicted octanol–water partition coefficient (Wildman–Crippen LogP) is 3.43. The summed E-state index contributed by atoms with van der Waals surface area (Å²) < 4.78 is 15.0. The summed E-state index contributed by atoms with van der Waals surface area (Å²) in [7, 11) is 0. The van der Waals surface area contributed by atoms with Gasteiger partial charge < -0.3 is 5.73 Å². The van der Waals surface area contributed by atoms with Crippen molar-refractivity contribution in [2.45, 2.75) is 12.5 Å². The summed E-state index contributed by atoms with van der Waals surface area (Å²) in [6, 6.07) is 3.98. The molecule has 3 rings (SSSR count). The van der Waals surface area contributed by atoms with Crippen LogP contribution in [0.25, 0.3) is 4.96 Å². The lowest BCUT2D eigenvalue weighted by atomic mass is 10.0. The van der Waals surface area contributed by atoms with Gasteiger partial charge in [0.1, 0.15) is 5.82 Å². The molecule has 2 aromatic heterocycles. The van der Waals surface area contributed by atoms with Gasteiger partial charge in [0.2, 0.25) is 0 Å². The van der Waals surface area contributed by atoms with Gasteiger partial charge in [-0.05, 0) is 17.7 Å². The van der Waals surface area contributed by atoms with E-state index in [2.05, 4.69) is 4.98 Å². The number of hydrogen-bond donors (Lipinski definition) is 1. The molecule has 6 heteroatoms. The van der Waals surface area contributed by atoms with Gasteiger partial charge in [0, 0.05) is 35.3 Å². The summed E-state index contributed by atoms with van der Waals surface area (Å²) in [6.45, 7) is 0. The third-order valence-electron chi connectivity index (χ3n) is 2.93. The number of nitrogens with zero attached hydrogens (tertiary/aromatic N) is 2. The molecular weight excluding hydrogens is 285 g/mol. The van der Waals surface area contributed by atoms with Crippen molar-refractivity contribution in [3.05, 3.63) is 58.1 Å². The van der Waals surface area contributed by atoms with Crippen LogP contribution in [0.4, 0.5) is 4.39 Å². The number of rotatable bonds is 3. The topological polar surface area (TPSA) is 43.3 Å². The van der Waals surface area contributed by atoms with E-state index in [1.807, 2.05) is 22.2 Å². The van der Waals surface area contributed by atoms with Gasteiger partial charge in [-0.3, -0.25) is 4.40 Å². The maximum absolute atomic E-state index is 13.0. The number of thiazole rings is 1. The van der Waals surface area contributed by atoms with Crippen LogP contribution in [0.2, 0.25) is 5.02 Å². The van der Waals surface area contributed by atoms with E-state index in [-0.39, 0.29) is 11.9 Å². The van der Waals surface area contributed by atoms with Gasteiger partial charge in [-0.1, -0.05) is 17.7 Å². The van der Waals surface area contributed by atoms with E-state index in [1.54, 1.807) is 17.4 Å². The van der Waals surface area contributed by atoms with Gasteiger partial charge in [-0.25, -0.2) is 9.37 Å². The summed E-state index contributed by atoms with van der Waals surface area (Å²) >= 11 is 7.58. The van der Waals surface area contributed by atoms with Gasteiger partial charge in [0.15, 0.2) is 4.96 Å². The number of hydrogen-bond acceptors (Lipinski definition) is 3. The minimum absolute atomic E-state index is 0.294. The Morgan fingerprint density at radius 2 is 2.32 bits per heavy atom. The van der Waals surface area contributed by atoms with Gasteiger partial charge in [0.05, 0.1) is 5.69 Å². The van der Waals surface area contributed by atoms with E-state index in [0.29, 0.717) is 11.4 Å². The van der Waals surface area contributed by atoms with Crippen LogP contribution in [0.3, 0.4) is 0 Å². The molecule has 1 atom stereocenters. The van der Waals surface area contributed by atoms with Crippen molar-refractivity contribution in [1.29, 1.82) is 0 Å². The molecule has 0 bridgehead atoms. The Balaban J connectivity index is 1.84. The monoisotopic (exact) mass is 295 g/mol. The molecule has 0 radical (unpaired) electrons. The number of nitrogens with two attached hydrogens (primary N) is 1. The van der Waals surface area contributed by atoms with Crippen LogP contribution in [-0.2, 0) is 6.42 Å². The fourth-order valence-corrected chi connectivity index (χ4v) is 3.04. The highest BCUT2D eigenvalue weighted by Crippen LogP contribution is 2.25. The molecule has 2 heterocycles. The Hall–Kier alpha value is -1.43. The molecule has 0 saturated heterocycles. The third-order valence-corrected chi connectivity index (χ3v) is 4.03. The number of aromatic nitrogens is 2. The summed E-state index contributed by atoms with van der Waals surface area (Å²) in [6.07, 6.45) is 4.47. The fourth-order valence-electron chi connectivity index (χ4n) is 2.01. The predicted molar refractivity (Wildman–Crippen MR) is 75.1 cm³/mol. The second kappa shape index (κ2) is 4.92. The minimum Gasteiger partial charge on any atom is -0.324 e. The van der Waals surface area contributed by atoms with Crippen LogP contribution in [0, 0.1) is 5.82 Å². The SMILES string of the molecule is NC(Cc1cn2ccsc2n1)c1ccc(F)cc1Cl. The summed E-state index contributed by atoms with van der Waals surface area (Å²) in [5, 5.41) is 2.33. The first-order valence-corrected chi connectivity index (χ1v) is 7.01. The number of halogens is 2. The van der Waals surface area contributed by atoms with Gasteiger partial charge in [-0.15, -0.1) is 11.3 Å². The molecule has 1 unspecified atom stereocenters. The molecule has 1 aromatic carbocycles. The second-order valence-corrected chi connectivity index (χ2v) is 5.58. The molecule has 0 aliphatic heterocycles. The summed E-state index contributed by atoms with van der Waals surface area (Å²) in [5.41, 5.74) is 7.75. The van der Waals surface area contributed by atoms with E-state index >= 15 is 0 Å². The lowest BCUT2D eigenvalue weighted by molar-refractivity contribution is 0.624. The highest BCUT2D eigenvalue weighted by atomic mass is 35.5. The van der Waals surface area contributed by atoms with Crippen LogP contribution in [0.5, 0.6) is 0 Å². The third kappa shape index (κ3) is 2.49. The Morgan fingerprint density at radius 3 is 3.05 bits per heavy atom. The van der Waals surface area contributed by atoms with Crippen molar-refractivity contribution in [2.75, 3.05) is 0 Å². The maximum Gasteiger partial charge on any atom is 0.193 e. The van der Waals surface area contributed by atoms with E-state index in [4.69, 9.17) is 17.3 Å². The van der Waals surface area contributed by atoms with Gasteiger partial charge >= 0.3 is 0 Å². The summed E-state index contributed by atoms with van der Waals surface area (Å²) in [4.78, 5) is 5.41. The molecule has 2 N–H and O–H groups in total. The smallest absolute Gasteiger partial charge is 0.193 e. The number of fused-ring (bicyclic) bond motifs is 1. The van der Waals surface area contributed by atoms with Gasteiger partial charge in [-0.2, -0.15) is 0 Å². The van der Waals surface area contributed by atoms with Crippen LogP contribution in [0.15, 0.2) is 36.0 Å². The molecule has 0 fully saturated rings. The van der Waals surface area contributed by atoms with Crippen LogP contribution < -0.4 is 5.73 Å². The van der Waals surface area contributed by atoms with Crippen LogP contribution in [-0.4, -0.2) is 9.38 Å². The van der Waals surface area contributed by atoms with Crippen molar-refractivity contribution in [2.24, 2.45) is 5.73 Å². The highest BCUT2D eigenvalue weighted by molar-refractivity contribution is 7.15. The van der Waals surface area contributed by atoms with Crippen molar-refractivity contribution in [3.8, 4) is 0 Å². The Kier molecular flexibility index (Phi) is 3.26. The van der Waals surface area contributed by atoms with Crippen LogP contribution >= 0.6 is 22.9 Å². The molecule has 0 saturated carbocycles. The first-order chi connectivity index (χ1) is 9.13. The Bertz CT molecular complexity index is 693. The average molecular weight is 296 g/mol. The van der Waals surface area contributed by atoms with E-state index < -0.39 is 0 Å². The first-order valence-electron chi connectivity index (χ1n) is 5.75. The zero-order valence-corrected chi connectivity index (χ0v) is 11.5. The average Bonchev–Trinajstić information content (AvgIpc) is 2.89. The zero-order chi connectivity index (χ0) is 13.4. The molecular formula is C13H11ClFN3S. The van der Waals surface area contributed by atoms with Crippen LogP contribution in [0.1, 0.15) is 17.3 Å². The van der Waals surface area contributed by atoms with Crippen molar-refractivity contribution in [1.82, 2.24) is 9.38 Å². The maximum atomic E-state index is 13.0. The molecule has 0 spiro atoms. The fraction of sp³-hybridized carbons (Fsp3) is 0.154. The van der Waals surface area contributed by atoms with Crippen molar-refractivity contribution < 1.29 is 4.39 Å². The molecule has 98 valence electrons. The quantitative estimate of drug-likeness (QED) is 0.804. The molecule has 3 nitrogen and oxygen atoms in total. The van der Waals surface area contributed by atoms with Crippen molar-refractivity contribution in [3.63, 3.8) is 0 Å². The normalized spacial score (nSPS) is 13.0. The van der Waals surface area contributed by atoms with E-state index in [0.717, 1.165) is 16.2 Å². The largest absolute Gasteiger partial charge is 0.324 e. The second-order valence-electron chi connectivity index (χ2n) is 4.30. The standard InChI is InChI=1S/C13H11ClFN3S/c14-11-5-8(15)1-2-10(11)12(16)6-9-7-18-3-4-19-13(18)17-9/h1-5,7,12H,6,16H2. The zero-order valence-electron chi connectivity index (χ0n) is 9.88. The summed E-state index contributed by atoms with van der Waals surface area (Å²) in [5.74, 6) is -0.358. The lowest BCUT2D eigenvalue weighted by Crippen LogP contribution is -2.14. The lowest BCUT2D eigenvalue weighted by Gasteiger charge is -2.12. The molecule has 3 aromatic rings. The van der Waals surface area contributed by atoms with E-state index in [1.165, 1.54) is 12.1 Å². The number of imidazole rings is 1. The first kappa shape index (κ1) is 12.6. The van der Waals surface area contributed by atoms with E-state index in [9.17, 15) is 4.39 Å². The molecule has 0 aliphatic rings. The molecule has 19 heavy (non-hydrogen) atoms. The highest BCUT2D eigenvalue weighted by Gasteiger charge is 2.14. The molecule has 0 amide bonds. The Morgan fingerprint density at radius 1 is 1.47 bits per heavy atom. The van der Waals surface area contributed by atoms with Gasteiger partial charge in [0.25, 0.3) is 0 Å². The molecule has 0 aliphatic carbocycles. The van der Waals surface area contributed by atoms with Crippen molar-refractivity contribution >= 4 is 27.9 Å². The Labute approximate surface area is 118 Å².